The first-order valence-electron chi connectivity index (χ1n) is 8.97. The monoisotopic (exact) mass is 452 g/mol. The second kappa shape index (κ2) is 7.29. The summed E-state index contributed by atoms with van der Waals surface area (Å²) in [6.45, 7) is 3.35. The fourth-order valence-electron chi connectivity index (χ4n) is 3.30. The summed E-state index contributed by atoms with van der Waals surface area (Å²) in [6, 6.07) is 14.8. The fraction of sp³-hybridized carbons (Fsp3) is 0.143. The quantitative estimate of drug-likeness (QED) is 0.613. The largest absolute Gasteiger partial charge is 0.309 e. The average molecular weight is 453 g/mol. The molecule has 0 fully saturated rings. The Hall–Kier alpha value is -3.26. The van der Waals surface area contributed by atoms with Crippen molar-refractivity contribution in [1.82, 2.24) is 14.7 Å². The van der Waals surface area contributed by atoms with Gasteiger partial charge < -0.3 is 5.32 Å². The zero-order valence-electron chi connectivity index (χ0n) is 15.7. The molecule has 2 aromatic carbocycles. The minimum absolute atomic E-state index is 0.312. The number of fused-ring (bicyclic) bond motifs is 1. The van der Waals surface area contributed by atoms with Gasteiger partial charge in [-0.1, -0.05) is 34.1 Å². The van der Waals surface area contributed by atoms with Crippen LogP contribution in [0.3, 0.4) is 0 Å². The van der Waals surface area contributed by atoms with Crippen molar-refractivity contribution in [3.05, 3.63) is 75.9 Å². The average Bonchev–Trinajstić information content (AvgIpc) is 3.19. The number of carbonyl (C=O) groups is 3. The Morgan fingerprint density at radius 2 is 1.69 bits per heavy atom. The molecule has 146 valence electrons. The van der Waals surface area contributed by atoms with Gasteiger partial charge in [0.05, 0.1) is 22.5 Å². The second-order valence-corrected chi connectivity index (χ2v) is 7.67. The summed E-state index contributed by atoms with van der Waals surface area (Å²) in [5.41, 5.74) is 2.10. The van der Waals surface area contributed by atoms with E-state index < -0.39 is 23.8 Å². The van der Waals surface area contributed by atoms with E-state index in [1.54, 1.807) is 35.0 Å². The third kappa shape index (κ3) is 3.36. The molecule has 29 heavy (non-hydrogen) atoms. The van der Waals surface area contributed by atoms with Gasteiger partial charge in [-0.25, -0.2) is 4.68 Å². The maximum absolute atomic E-state index is 12.9. The van der Waals surface area contributed by atoms with Gasteiger partial charge in [-0.2, -0.15) is 5.10 Å². The van der Waals surface area contributed by atoms with Gasteiger partial charge in [0.25, 0.3) is 11.8 Å². The van der Waals surface area contributed by atoms with Gasteiger partial charge in [-0.3, -0.25) is 19.3 Å². The molecule has 1 aliphatic rings. The number of anilines is 1. The number of aromatic nitrogens is 2. The van der Waals surface area contributed by atoms with Crippen molar-refractivity contribution in [2.45, 2.75) is 19.9 Å². The van der Waals surface area contributed by atoms with Crippen molar-refractivity contribution in [2.24, 2.45) is 0 Å². The molecule has 3 aromatic rings. The number of rotatable bonds is 4. The summed E-state index contributed by atoms with van der Waals surface area (Å²) in [5.74, 6) is -0.959. The van der Waals surface area contributed by atoms with Crippen molar-refractivity contribution in [3.8, 4) is 5.69 Å². The topological polar surface area (TPSA) is 84.3 Å². The standard InChI is InChI=1S/C21H17BrN4O3/c1-12-10-18(26(24-12)15-7-5-6-14(22)11-15)23-19(27)13(2)25-20(28)16-8-3-4-9-17(16)21(25)29/h3-11,13H,1-2H3,(H,23,27). The second-order valence-electron chi connectivity index (χ2n) is 6.75. The molecule has 0 spiro atoms. The van der Waals surface area contributed by atoms with Gasteiger partial charge >= 0.3 is 0 Å². The maximum Gasteiger partial charge on any atom is 0.262 e. The normalized spacial score (nSPS) is 14.1. The van der Waals surface area contributed by atoms with Gasteiger partial charge in [0.2, 0.25) is 5.91 Å². The number of benzene rings is 2. The predicted octanol–water partition coefficient (Wildman–Crippen LogP) is 3.57. The van der Waals surface area contributed by atoms with Crippen LogP contribution in [0.2, 0.25) is 0 Å². The van der Waals surface area contributed by atoms with Crippen LogP contribution in [0.1, 0.15) is 33.3 Å². The zero-order chi connectivity index (χ0) is 20.7. The van der Waals surface area contributed by atoms with E-state index >= 15 is 0 Å². The molecule has 4 rings (SSSR count). The summed E-state index contributed by atoms with van der Waals surface area (Å²) < 4.78 is 2.48. The summed E-state index contributed by atoms with van der Waals surface area (Å²) in [4.78, 5) is 39.2. The maximum atomic E-state index is 12.9. The highest BCUT2D eigenvalue weighted by atomic mass is 79.9. The van der Waals surface area contributed by atoms with E-state index in [4.69, 9.17) is 0 Å². The molecule has 1 aromatic heterocycles. The molecule has 7 nitrogen and oxygen atoms in total. The van der Waals surface area contributed by atoms with Crippen LogP contribution in [0.25, 0.3) is 5.69 Å². The molecule has 0 radical (unpaired) electrons. The number of imide groups is 1. The summed E-state index contributed by atoms with van der Waals surface area (Å²) in [6.07, 6.45) is 0. The third-order valence-electron chi connectivity index (χ3n) is 4.73. The van der Waals surface area contributed by atoms with Gasteiger partial charge in [0, 0.05) is 10.5 Å². The lowest BCUT2D eigenvalue weighted by atomic mass is 10.1. The van der Waals surface area contributed by atoms with E-state index in [1.165, 1.54) is 6.92 Å². The highest BCUT2D eigenvalue weighted by Gasteiger charge is 2.40. The number of nitrogens with one attached hydrogen (secondary N) is 1. The first-order chi connectivity index (χ1) is 13.9. The first-order valence-corrected chi connectivity index (χ1v) is 9.76. The number of carbonyl (C=O) groups excluding carboxylic acids is 3. The summed E-state index contributed by atoms with van der Waals surface area (Å²) in [7, 11) is 0. The molecule has 3 amide bonds. The minimum atomic E-state index is -0.978. The van der Waals surface area contributed by atoms with Gasteiger partial charge in [-0.15, -0.1) is 0 Å². The lowest BCUT2D eigenvalue weighted by Gasteiger charge is -2.21. The Bertz CT molecular complexity index is 1120. The Kier molecular flexibility index (Phi) is 4.79. The Balaban J connectivity index is 1.60. The first kappa shape index (κ1) is 19.1. The molecule has 1 N–H and O–H groups in total. The molecule has 1 unspecified atom stereocenters. The number of hydrogen-bond donors (Lipinski definition) is 1. The van der Waals surface area contributed by atoms with E-state index in [2.05, 4.69) is 26.3 Å². The Morgan fingerprint density at radius 1 is 1.03 bits per heavy atom. The molecule has 0 saturated heterocycles. The Morgan fingerprint density at radius 3 is 2.31 bits per heavy atom. The van der Waals surface area contributed by atoms with Crippen LogP contribution in [0.5, 0.6) is 0 Å². The van der Waals surface area contributed by atoms with E-state index in [9.17, 15) is 14.4 Å². The number of aryl methyl sites for hydroxylation is 1. The molecular formula is C21H17BrN4O3. The lowest BCUT2D eigenvalue weighted by Crippen LogP contribution is -2.45. The molecule has 1 atom stereocenters. The van der Waals surface area contributed by atoms with Crippen molar-refractivity contribution in [3.63, 3.8) is 0 Å². The number of halogens is 1. The Labute approximate surface area is 175 Å². The van der Waals surface area contributed by atoms with Crippen LogP contribution in [-0.4, -0.2) is 38.4 Å². The number of hydrogen-bond acceptors (Lipinski definition) is 4. The molecule has 2 heterocycles. The SMILES string of the molecule is Cc1cc(NC(=O)C(C)N2C(=O)c3ccccc3C2=O)n(-c2cccc(Br)c2)n1. The summed E-state index contributed by atoms with van der Waals surface area (Å²) >= 11 is 3.43. The van der Waals surface area contributed by atoms with Crippen LogP contribution in [0.15, 0.2) is 59.1 Å². The van der Waals surface area contributed by atoms with Crippen LogP contribution in [-0.2, 0) is 4.79 Å². The highest BCUT2D eigenvalue weighted by Crippen LogP contribution is 2.26. The van der Waals surface area contributed by atoms with Crippen molar-refractivity contribution in [1.29, 1.82) is 0 Å². The highest BCUT2D eigenvalue weighted by molar-refractivity contribution is 9.10. The van der Waals surface area contributed by atoms with Crippen molar-refractivity contribution < 1.29 is 14.4 Å². The van der Waals surface area contributed by atoms with E-state index in [-0.39, 0.29) is 0 Å². The van der Waals surface area contributed by atoms with E-state index in [1.807, 2.05) is 31.2 Å². The van der Waals surface area contributed by atoms with Crippen LogP contribution >= 0.6 is 15.9 Å². The van der Waals surface area contributed by atoms with Crippen molar-refractivity contribution >= 4 is 39.5 Å². The third-order valence-corrected chi connectivity index (χ3v) is 5.22. The van der Waals surface area contributed by atoms with E-state index in [0.717, 1.165) is 15.1 Å². The molecule has 0 aliphatic carbocycles. The van der Waals surface area contributed by atoms with Gasteiger partial charge in [-0.05, 0) is 44.2 Å². The van der Waals surface area contributed by atoms with Gasteiger partial charge in [0.15, 0.2) is 0 Å². The van der Waals surface area contributed by atoms with Gasteiger partial charge in [0.1, 0.15) is 11.9 Å². The molecule has 0 bridgehead atoms. The molecular weight excluding hydrogens is 436 g/mol. The van der Waals surface area contributed by atoms with E-state index in [0.29, 0.717) is 22.6 Å². The lowest BCUT2D eigenvalue weighted by molar-refractivity contribution is -0.119. The van der Waals surface area contributed by atoms with Crippen LogP contribution < -0.4 is 5.32 Å². The van der Waals surface area contributed by atoms with Crippen LogP contribution in [0.4, 0.5) is 5.82 Å². The van der Waals surface area contributed by atoms with Crippen LogP contribution in [0, 0.1) is 6.92 Å². The minimum Gasteiger partial charge on any atom is -0.309 e. The smallest absolute Gasteiger partial charge is 0.262 e. The molecule has 8 heteroatoms. The number of nitrogens with zero attached hydrogens (tertiary/aromatic N) is 3. The molecule has 0 saturated carbocycles. The molecule has 1 aliphatic heterocycles. The fourth-order valence-corrected chi connectivity index (χ4v) is 3.69. The summed E-state index contributed by atoms with van der Waals surface area (Å²) in [5, 5.41) is 7.22. The number of amides is 3. The zero-order valence-corrected chi connectivity index (χ0v) is 17.3. The van der Waals surface area contributed by atoms with Crippen molar-refractivity contribution in [2.75, 3.05) is 5.32 Å². The predicted molar refractivity (Wildman–Crippen MR) is 111 cm³/mol.